The van der Waals surface area contributed by atoms with Crippen molar-refractivity contribution in [2.45, 2.75) is 0 Å². The molecule has 6 aromatic heterocycles. The van der Waals surface area contributed by atoms with Gasteiger partial charge in [-0.1, -0.05) is 303 Å². The van der Waals surface area contributed by atoms with Crippen LogP contribution >= 0.6 is 11.3 Å². The monoisotopic (exact) mass is 1470 g/mol. The van der Waals surface area contributed by atoms with Gasteiger partial charge in [-0.05, 0) is 158 Å². The SMILES string of the molecule is c1ccc(-c2cc(-c3ccc(-c4ccc(-n5c6ccccc6c6cc(-c7cccc8c9ccccc9n(-c9ccccc9-c9ccccc9)c78)ccc65)c5sc6ccccc6c45)cc3)ccc2-n2c3ccccc3c3c(-c4ccc5c(c4)c4ccccc4n5-c4ccc(-c5ccccc5)c5c4oc4ccccc45)cccc32)cc1. The molecular formula is C108H66N4OS. The molecule has 0 atom stereocenters. The van der Waals surface area contributed by atoms with Crippen molar-refractivity contribution >= 4 is 141 Å². The van der Waals surface area contributed by atoms with Gasteiger partial charge < -0.3 is 22.7 Å². The highest BCUT2D eigenvalue weighted by Gasteiger charge is 2.27. The van der Waals surface area contributed by atoms with Gasteiger partial charge in [-0.3, -0.25) is 0 Å². The summed E-state index contributed by atoms with van der Waals surface area (Å²) in [5, 5.41) is 14.4. The molecule has 24 rings (SSSR count). The molecule has 6 heteroatoms. The highest BCUT2D eigenvalue weighted by atomic mass is 32.1. The molecule has 0 aliphatic rings. The first-order chi connectivity index (χ1) is 56.6. The Labute approximate surface area is 659 Å². The lowest BCUT2D eigenvalue weighted by molar-refractivity contribution is 0.666. The van der Waals surface area contributed by atoms with Crippen LogP contribution in [-0.4, -0.2) is 18.3 Å². The van der Waals surface area contributed by atoms with Crippen LogP contribution in [0.4, 0.5) is 0 Å². The summed E-state index contributed by atoms with van der Waals surface area (Å²) in [7, 11) is 0. The molecule has 0 N–H and O–H groups in total. The van der Waals surface area contributed by atoms with Gasteiger partial charge in [-0.25, -0.2) is 0 Å². The predicted octanol–water partition coefficient (Wildman–Crippen LogP) is 30.0. The van der Waals surface area contributed by atoms with E-state index in [1.165, 1.54) is 130 Å². The van der Waals surface area contributed by atoms with E-state index in [1.54, 1.807) is 0 Å². The molecule has 0 unspecified atom stereocenters. The molecule has 0 aliphatic carbocycles. The van der Waals surface area contributed by atoms with Crippen molar-refractivity contribution in [2.24, 2.45) is 0 Å². The van der Waals surface area contributed by atoms with Crippen LogP contribution in [0.25, 0.3) is 230 Å². The quantitative estimate of drug-likeness (QED) is 0.127. The molecule has 18 aromatic carbocycles. The highest BCUT2D eigenvalue weighted by Crippen LogP contribution is 2.50. The second kappa shape index (κ2) is 25.4. The largest absolute Gasteiger partial charge is 0.454 e. The fourth-order valence-electron chi connectivity index (χ4n) is 19.0. The molecule has 0 fully saturated rings. The number of nitrogens with zero attached hydrogens (tertiary/aromatic N) is 4. The summed E-state index contributed by atoms with van der Waals surface area (Å²) in [4.78, 5) is 0. The third-order valence-corrected chi connectivity index (χ3v) is 25.2. The average molecular weight is 1470 g/mol. The van der Waals surface area contributed by atoms with Crippen LogP contribution in [0.15, 0.2) is 405 Å². The predicted molar refractivity (Wildman–Crippen MR) is 482 cm³/mol. The fraction of sp³-hybridized carbons (Fsp3) is 0. The summed E-state index contributed by atoms with van der Waals surface area (Å²) in [6, 6.07) is 148. The van der Waals surface area contributed by atoms with Crippen LogP contribution in [0.3, 0.4) is 0 Å². The van der Waals surface area contributed by atoms with Crippen LogP contribution in [0.2, 0.25) is 0 Å². The zero-order chi connectivity index (χ0) is 74.6. The average Bonchev–Trinajstić information content (AvgIpc) is 1.57. The molecule has 0 amide bonds. The van der Waals surface area contributed by atoms with Crippen molar-refractivity contribution in [3.05, 3.63) is 400 Å². The number of para-hydroxylation sites is 7. The first kappa shape index (κ1) is 64.0. The van der Waals surface area contributed by atoms with Gasteiger partial charge in [0, 0.05) is 86.0 Å². The Morgan fingerprint density at radius 2 is 0.605 bits per heavy atom. The van der Waals surface area contributed by atoms with Gasteiger partial charge in [-0.15, -0.1) is 11.3 Å². The van der Waals surface area contributed by atoms with E-state index in [0.717, 1.165) is 100 Å². The molecule has 24 aromatic rings. The first-order valence-corrected chi connectivity index (χ1v) is 39.9. The number of benzene rings is 18. The first-order valence-electron chi connectivity index (χ1n) is 39.1. The van der Waals surface area contributed by atoms with Crippen molar-refractivity contribution in [2.75, 3.05) is 0 Å². The van der Waals surface area contributed by atoms with E-state index in [0.29, 0.717) is 0 Å². The van der Waals surface area contributed by atoms with E-state index in [9.17, 15) is 0 Å². The third-order valence-electron chi connectivity index (χ3n) is 24.0. The van der Waals surface area contributed by atoms with E-state index in [1.807, 2.05) is 11.3 Å². The van der Waals surface area contributed by atoms with Gasteiger partial charge in [0.2, 0.25) is 0 Å². The normalized spacial score (nSPS) is 12.0. The van der Waals surface area contributed by atoms with Gasteiger partial charge in [-0.2, -0.15) is 0 Å². The highest BCUT2D eigenvalue weighted by molar-refractivity contribution is 7.26. The lowest BCUT2D eigenvalue weighted by atomic mass is 9.94. The van der Waals surface area contributed by atoms with E-state index in [4.69, 9.17) is 4.42 Å². The molecular weight excluding hydrogens is 1400 g/mol. The summed E-state index contributed by atoms with van der Waals surface area (Å²) in [6.45, 7) is 0. The molecule has 0 bridgehead atoms. The molecule has 0 saturated heterocycles. The molecule has 530 valence electrons. The summed E-state index contributed by atoms with van der Waals surface area (Å²) in [6.07, 6.45) is 0. The van der Waals surface area contributed by atoms with Crippen LogP contribution in [0.5, 0.6) is 0 Å². The molecule has 0 aliphatic heterocycles. The van der Waals surface area contributed by atoms with Crippen LogP contribution in [-0.2, 0) is 0 Å². The standard InChI is InChI=1S/C108H66N4OS/c1-4-26-68(27-5-1)75-32-10-17-42-90(75)112-93-45-20-11-33-80(93)83-41-24-40-79(106(83)112)74-56-61-97-89(66-74)82-35-13-19-44-92(82)111(97)100-63-58-78(105-86-38-16-23-49-102(86)114-108(100)105)71-52-50-67(51-53-71)72-54-59-95(87(64-72)70-30-8-3-9-31-70)109-94-46-21-14-36-84(94)103-76(39-25-47-98(103)109)73-55-60-96-88(65-73)81-34-12-18-43-91(81)110(96)99-62-57-77(69-28-6-2-7-29-69)104-85-37-15-22-48-101(85)113-107(99)104/h1-66H. The number of hydrogen-bond donors (Lipinski definition) is 0. The molecule has 114 heavy (non-hydrogen) atoms. The lowest BCUT2D eigenvalue weighted by Crippen LogP contribution is -1.98. The minimum Gasteiger partial charge on any atom is -0.454 e. The van der Waals surface area contributed by atoms with E-state index in [-0.39, 0.29) is 0 Å². The van der Waals surface area contributed by atoms with E-state index < -0.39 is 0 Å². The van der Waals surface area contributed by atoms with Crippen molar-refractivity contribution in [3.63, 3.8) is 0 Å². The minimum absolute atomic E-state index is 0.871. The van der Waals surface area contributed by atoms with E-state index in [2.05, 4.69) is 419 Å². The Bertz CT molecular complexity index is 8090. The van der Waals surface area contributed by atoms with Crippen molar-refractivity contribution in [3.8, 4) is 101 Å². The smallest absolute Gasteiger partial charge is 0.160 e. The number of hydrogen-bond acceptors (Lipinski definition) is 2. The Morgan fingerprint density at radius 3 is 1.30 bits per heavy atom. The van der Waals surface area contributed by atoms with Gasteiger partial charge in [0.25, 0.3) is 0 Å². The second-order valence-corrected chi connectivity index (χ2v) is 31.1. The van der Waals surface area contributed by atoms with Gasteiger partial charge in [0.15, 0.2) is 5.58 Å². The molecule has 5 nitrogen and oxygen atoms in total. The molecule has 0 radical (unpaired) electrons. The van der Waals surface area contributed by atoms with Crippen LogP contribution in [0.1, 0.15) is 0 Å². The lowest BCUT2D eigenvalue weighted by Gasteiger charge is -2.17. The number of rotatable bonds is 11. The fourth-order valence-corrected chi connectivity index (χ4v) is 20.3. The van der Waals surface area contributed by atoms with Gasteiger partial charge in [0.1, 0.15) is 5.58 Å². The third kappa shape index (κ3) is 9.65. The minimum atomic E-state index is 0.871. The summed E-state index contributed by atoms with van der Waals surface area (Å²) in [5.74, 6) is 0. The molecule has 0 saturated carbocycles. The Morgan fingerprint density at radius 1 is 0.193 bits per heavy atom. The maximum atomic E-state index is 6.94. The maximum absolute atomic E-state index is 6.94. The maximum Gasteiger partial charge on any atom is 0.160 e. The van der Waals surface area contributed by atoms with Crippen LogP contribution in [0, 0.1) is 0 Å². The summed E-state index contributed by atoms with van der Waals surface area (Å²) in [5.41, 5.74) is 31.9. The number of fused-ring (bicyclic) bond motifs is 18. The van der Waals surface area contributed by atoms with Crippen molar-refractivity contribution in [1.82, 2.24) is 18.3 Å². The van der Waals surface area contributed by atoms with Gasteiger partial charge >= 0.3 is 0 Å². The Hall–Kier alpha value is -14.8. The van der Waals surface area contributed by atoms with Crippen molar-refractivity contribution in [1.29, 1.82) is 0 Å². The second-order valence-electron chi connectivity index (χ2n) is 30.1. The number of thiophene rings is 1. The Balaban J connectivity index is 0.606. The Kier molecular flexibility index (Phi) is 14.3. The topological polar surface area (TPSA) is 32.9 Å². The number of aromatic nitrogens is 4. The molecule has 0 spiro atoms. The van der Waals surface area contributed by atoms with Crippen LogP contribution < -0.4 is 0 Å². The summed E-state index contributed by atoms with van der Waals surface area (Å²) < 4.78 is 19.4. The summed E-state index contributed by atoms with van der Waals surface area (Å²) >= 11 is 1.89. The zero-order valence-electron chi connectivity index (χ0n) is 61.7. The van der Waals surface area contributed by atoms with Crippen molar-refractivity contribution < 1.29 is 4.42 Å². The molecule has 6 heterocycles. The zero-order valence-corrected chi connectivity index (χ0v) is 62.5. The number of furan rings is 1. The van der Waals surface area contributed by atoms with Gasteiger partial charge in [0.05, 0.1) is 71.6 Å². The van der Waals surface area contributed by atoms with E-state index >= 15 is 0 Å².